The predicted octanol–water partition coefficient (Wildman–Crippen LogP) is 4.78. The molecule has 1 nitrogen and oxygen atoms in total. The van der Waals surface area contributed by atoms with Gasteiger partial charge in [0.25, 0.3) is 0 Å². The SMILES string of the molecule is CCC(CC)(Oc1ccccc1)c1ccccc1. The third-order valence-corrected chi connectivity index (χ3v) is 3.50. The number of hydrogen-bond donors (Lipinski definition) is 0. The molecular formula is C17H20O. The minimum absolute atomic E-state index is 0.220. The van der Waals surface area contributed by atoms with Crippen molar-refractivity contribution in [3.05, 3.63) is 66.2 Å². The fourth-order valence-electron chi connectivity index (χ4n) is 2.32. The second-order valence-electron chi connectivity index (χ2n) is 4.48. The van der Waals surface area contributed by atoms with Gasteiger partial charge >= 0.3 is 0 Å². The Hall–Kier alpha value is -1.76. The molecule has 0 aliphatic carbocycles. The Bertz CT molecular complexity index is 457. The Morgan fingerprint density at radius 1 is 0.778 bits per heavy atom. The van der Waals surface area contributed by atoms with E-state index in [0.29, 0.717) is 0 Å². The molecule has 0 saturated carbocycles. The summed E-state index contributed by atoms with van der Waals surface area (Å²) in [7, 11) is 0. The lowest BCUT2D eigenvalue weighted by molar-refractivity contribution is 0.0573. The third-order valence-electron chi connectivity index (χ3n) is 3.50. The average molecular weight is 240 g/mol. The largest absolute Gasteiger partial charge is 0.483 e. The number of para-hydroxylation sites is 1. The van der Waals surface area contributed by atoms with Gasteiger partial charge in [-0.3, -0.25) is 0 Å². The van der Waals surface area contributed by atoms with Crippen LogP contribution in [0, 0.1) is 0 Å². The smallest absolute Gasteiger partial charge is 0.133 e. The van der Waals surface area contributed by atoms with E-state index in [0.717, 1.165) is 18.6 Å². The van der Waals surface area contributed by atoms with Crippen LogP contribution in [0.15, 0.2) is 60.7 Å². The molecule has 2 rings (SSSR count). The highest BCUT2D eigenvalue weighted by Gasteiger charge is 2.30. The molecule has 0 saturated heterocycles. The highest BCUT2D eigenvalue weighted by Crippen LogP contribution is 2.34. The molecule has 0 fully saturated rings. The van der Waals surface area contributed by atoms with Crippen LogP contribution in [0.3, 0.4) is 0 Å². The lowest BCUT2D eigenvalue weighted by Gasteiger charge is -2.33. The Morgan fingerprint density at radius 2 is 1.28 bits per heavy atom. The summed E-state index contributed by atoms with van der Waals surface area (Å²) < 4.78 is 6.29. The van der Waals surface area contributed by atoms with Gasteiger partial charge in [-0.1, -0.05) is 62.4 Å². The fourth-order valence-corrected chi connectivity index (χ4v) is 2.32. The Kier molecular flexibility index (Phi) is 4.03. The van der Waals surface area contributed by atoms with E-state index in [1.807, 2.05) is 36.4 Å². The highest BCUT2D eigenvalue weighted by molar-refractivity contribution is 5.27. The quantitative estimate of drug-likeness (QED) is 0.730. The zero-order valence-electron chi connectivity index (χ0n) is 11.1. The van der Waals surface area contributed by atoms with Crippen LogP contribution in [-0.4, -0.2) is 0 Å². The van der Waals surface area contributed by atoms with Crippen molar-refractivity contribution < 1.29 is 4.74 Å². The maximum Gasteiger partial charge on any atom is 0.133 e. The van der Waals surface area contributed by atoms with Gasteiger partial charge in [-0.25, -0.2) is 0 Å². The average Bonchev–Trinajstić information content (AvgIpc) is 2.47. The van der Waals surface area contributed by atoms with Crippen molar-refractivity contribution in [1.29, 1.82) is 0 Å². The molecule has 0 unspecified atom stereocenters. The topological polar surface area (TPSA) is 9.23 Å². The van der Waals surface area contributed by atoms with Crippen LogP contribution >= 0.6 is 0 Å². The van der Waals surface area contributed by atoms with Crippen LogP contribution in [0.5, 0.6) is 5.75 Å². The molecule has 0 radical (unpaired) electrons. The van der Waals surface area contributed by atoms with Crippen molar-refractivity contribution >= 4 is 0 Å². The molecular weight excluding hydrogens is 220 g/mol. The van der Waals surface area contributed by atoms with Crippen molar-refractivity contribution in [2.24, 2.45) is 0 Å². The molecule has 94 valence electrons. The normalized spacial score (nSPS) is 11.2. The van der Waals surface area contributed by atoms with Crippen LogP contribution in [0.4, 0.5) is 0 Å². The first kappa shape index (κ1) is 12.7. The predicted molar refractivity (Wildman–Crippen MR) is 75.8 cm³/mol. The molecule has 0 aliphatic rings. The molecule has 2 aromatic carbocycles. The van der Waals surface area contributed by atoms with E-state index in [2.05, 4.69) is 38.1 Å². The van der Waals surface area contributed by atoms with Gasteiger partial charge in [0.05, 0.1) is 0 Å². The standard InChI is InChI=1S/C17H20O/c1-3-17(4-2,15-11-7-5-8-12-15)18-16-13-9-6-10-14-16/h5-14H,3-4H2,1-2H3. The van der Waals surface area contributed by atoms with Gasteiger partial charge in [-0.05, 0) is 30.5 Å². The summed E-state index contributed by atoms with van der Waals surface area (Å²) in [6.07, 6.45) is 1.92. The number of ether oxygens (including phenoxy) is 1. The van der Waals surface area contributed by atoms with Crippen molar-refractivity contribution in [3.8, 4) is 5.75 Å². The minimum atomic E-state index is -0.220. The molecule has 0 bridgehead atoms. The van der Waals surface area contributed by atoms with Crippen molar-refractivity contribution in [2.75, 3.05) is 0 Å². The molecule has 0 atom stereocenters. The molecule has 0 heterocycles. The lowest BCUT2D eigenvalue weighted by atomic mass is 9.88. The Morgan fingerprint density at radius 3 is 1.78 bits per heavy atom. The van der Waals surface area contributed by atoms with Crippen LogP contribution in [0.25, 0.3) is 0 Å². The minimum Gasteiger partial charge on any atom is -0.483 e. The third kappa shape index (κ3) is 2.56. The van der Waals surface area contributed by atoms with E-state index in [4.69, 9.17) is 4.74 Å². The summed E-state index contributed by atoms with van der Waals surface area (Å²) in [5.74, 6) is 0.935. The summed E-state index contributed by atoms with van der Waals surface area (Å²) in [6, 6.07) is 20.6. The van der Waals surface area contributed by atoms with Crippen molar-refractivity contribution in [1.82, 2.24) is 0 Å². The van der Waals surface area contributed by atoms with Gasteiger partial charge in [0.15, 0.2) is 0 Å². The zero-order chi connectivity index (χ0) is 12.8. The van der Waals surface area contributed by atoms with E-state index in [9.17, 15) is 0 Å². The monoisotopic (exact) mass is 240 g/mol. The van der Waals surface area contributed by atoms with Crippen LogP contribution < -0.4 is 4.74 Å². The fraction of sp³-hybridized carbons (Fsp3) is 0.294. The molecule has 0 amide bonds. The van der Waals surface area contributed by atoms with Crippen LogP contribution in [0.1, 0.15) is 32.3 Å². The van der Waals surface area contributed by atoms with Crippen LogP contribution in [-0.2, 0) is 5.60 Å². The summed E-state index contributed by atoms with van der Waals surface area (Å²) >= 11 is 0. The lowest BCUT2D eigenvalue weighted by Crippen LogP contribution is -2.31. The molecule has 0 aliphatic heterocycles. The number of rotatable bonds is 5. The van der Waals surface area contributed by atoms with Gasteiger partial charge in [0.2, 0.25) is 0 Å². The highest BCUT2D eigenvalue weighted by atomic mass is 16.5. The maximum atomic E-state index is 6.29. The number of benzene rings is 2. The molecule has 0 aromatic heterocycles. The van der Waals surface area contributed by atoms with Gasteiger partial charge < -0.3 is 4.74 Å². The van der Waals surface area contributed by atoms with Gasteiger partial charge in [0, 0.05) is 0 Å². The Balaban J connectivity index is 2.33. The van der Waals surface area contributed by atoms with Gasteiger partial charge in [-0.15, -0.1) is 0 Å². The van der Waals surface area contributed by atoms with Gasteiger partial charge in [-0.2, -0.15) is 0 Å². The van der Waals surface area contributed by atoms with Crippen molar-refractivity contribution in [2.45, 2.75) is 32.3 Å². The van der Waals surface area contributed by atoms with E-state index in [-0.39, 0.29) is 5.60 Å². The van der Waals surface area contributed by atoms with Gasteiger partial charge in [0.1, 0.15) is 11.4 Å². The maximum absolute atomic E-state index is 6.29. The molecule has 1 heteroatoms. The molecule has 0 N–H and O–H groups in total. The first-order valence-electron chi connectivity index (χ1n) is 6.60. The van der Waals surface area contributed by atoms with E-state index >= 15 is 0 Å². The summed E-state index contributed by atoms with van der Waals surface area (Å²) in [6.45, 7) is 4.36. The molecule has 18 heavy (non-hydrogen) atoms. The summed E-state index contributed by atoms with van der Waals surface area (Å²) in [5, 5.41) is 0. The first-order valence-corrected chi connectivity index (χ1v) is 6.60. The second-order valence-corrected chi connectivity index (χ2v) is 4.48. The Labute approximate surface area is 109 Å². The van der Waals surface area contributed by atoms with E-state index < -0.39 is 0 Å². The van der Waals surface area contributed by atoms with E-state index in [1.165, 1.54) is 5.56 Å². The second kappa shape index (κ2) is 5.72. The molecule has 2 aromatic rings. The first-order chi connectivity index (χ1) is 8.80. The van der Waals surface area contributed by atoms with E-state index in [1.54, 1.807) is 0 Å². The number of hydrogen-bond acceptors (Lipinski definition) is 1. The summed E-state index contributed by atoms with van der Waals surface area (Å²) in [5.41, 5.74) is 1.03. The summed E-state index contributed by atoms with van der Waals surface area (Å²) in [4.78, 5) is 0. The van der Waals surface area contributed by atoms with Crippen molar-refractivity contribution in [3.63, 3.8) is 0 Å². The van der Waals surface area contributed by atoms with Crippen LogP contribution in [0.2, 0.25) is 0 Å². The zero-order valence-corrected chi connectivity index (χ0v) is 11.1. The molecule has 0 spiro atoms.